The molecule has 0 aliphatic heterocycles. The molecule has 0 heterocycles. The number of halogens is 3. The van der Waals surface area contributed by atoms with Crippen LogP contribution in [0.25, 0.3) is 0 Å². The van der Waals surface area contributed by atoms with Gasteiger partial charge in [0, 0.05) is 12.0 Å². The van der Waals surface area contributed by atoms with Gasteiger partial charge >= 0.3 is 12.1 Å². The van der Waals surface area contributed by atoms with E-state index in [1.807, 2.05) is 0 Å². The van der Waals surface area contributed by atoms with Crippen LogP contribution >= 0.6 is 0 Å². The predicted octanol–water partition coefficient (Wildman–Crippen LogP) is 4.09. The van der Waals surface area contributed by atoms with E-state index in [0.29, 0.717) is 25.7 Å². The van der Waals surface area contributed by atoms with Crippen molar-refractivity contribution in [1.29, 1.82) is 0 Å². The van der Waals surface area contributed by atoms with Crippen LogP contribution in [0.2, 0.25) is 0 Å². The van der Waals surface area contributed by atoms with E-state index in [1.54, 1.807) is 6.92 Å². The van der Waals surface area contributed by atoms with E-state index in [2.05, 4.69) is 0 Å². The number of rotatable bonds is 5. The number of allylic oxidation sites excluding steroid dienone is 4. The van der Waals surface area contributed by atoms with Gasteiger partial charge in [0.05, 0.1) is 0 Å². The van der Waals surface area contributed by atoms with Crippen molar-refractivity contribution in [3.8, 4) is 0 Å². The Hall–Kier alpha value is -1.26. The first-order valence-electron chi connectivity index (χ1n) is 5.99. The summed E-state index contributed by atoms with van der Waals surface area (Å²) in [5.41, 5.74) is 0.498. The first-order chi connectivity index (χ1) is 8.30. The van der Waals surface area contributed by atoms with Crippen molar-refractivity contribution in [1.82, 2.24) is 0 Å². The molecule has 5 heteroatoms. The van der Waals surface area contributed by atoms with Gasteiger partial charge in [0.1, 0.15) is 0 Å². The Bertz CT molecular complexity index is 367. The van der Waals surface area contributed by atoms with E-state index in [0.717, 1.165) is 11.6 Å². The van der Waals surface area contributed by atoms with Gasteiger partial charge in [-0.1, -0.05) is 24.6 Å². The van der Waals surface area contributed by atoms with Crippen LogP contribution in [0.15, 0.2) is 23.3 Å². The first kappa shape index (κ1) is 14.8. The maximum Gasteiger partial charge on any atom is 0.412 e. The molecule has 1 aliphatic rings. The third-order valence-corrected chi connectivity index (χ3v) is 3.06. The highest BCUT2D eigenvalue weighted by Crippen LogP contribution is 2.37. The molecule has 0 saturated heterocycles. The summed E-state index contributed by atoms with van der Waals surface area (Å²) < 4.78 is 37.7. The molecule has 0 spiro atoms. The highest BCUT2D eigenvalue weighted by Gasteiger charge is 2.37. The molecule has 1 N–H and O–H groups in total. The van der Waals surface area contributed by atoms with Crippen LogP contribution < -0.4 is 0 Å². The summed E-state index contributed by atoms with van der Waals surface area (Å²) in [5.74, 6) is -1.34. The SMILES string of the molecule is CC1CC(CCCCC(=O)O)=CC=C1C(F)(F)F. The third-order valence-electron chi connectivity index (χ3n) is 3.06. The van der Waals surface area contributed by atoms with E-state index in [9.17, 15) is 18.0 Å². The van der Waals surface area contributed by atoms with Crippen LogP contribution in [0, 0.1) is 5.92 Å². The molecule has 0 saturated carbocycles. The maximum absolute atomic E-state index is 12.6. The molecule has 0 fully saturated rings. The molecule has 2 nitrogen and oxygen atoms in total. The molecule has 0 bridgehead atoms. The Morgan fingerprint density at radius 3 is 2.56 bits per heavy atom. The van der Waals surface area contributed by atoms with Crippen LogP contribution in [0.4, 0.5) is 13.2 Å². The van der Waals surface area contributed by atoms with E-state index < -0.39 is 23.6 Å². The molecule has 1 rings (SSSR count). The zero-order valence-electron chi connectivity index (χ0n) is 10.3. The summed E-state index contributed by atoms with van der Waals surface area (Å²) in [4.78, 5) is 10.3. The summed E-state index contributed by atoms with van der Waals surface area (Å²) in [6, 6.07) is 0. The molecule has 1 aliphatic carbocycles. The van der Waals surface area contributed by atoms with Gasteiger partial charge < -0.3 is 5.11 Å². The van der Waals surface area contributed by atoms with Crippen molar-refractivity contribution >= 4 is 5.97 Å². The molecule has 0 aromatic carbocycles. The molecule has 0 radical (unpaired) electrons. The zero-order chi connectivity index (χ0) is 13.8. The minimum absolute atomic E-state index is 0.118. The second kappa shape index (κ2) is 6.07. The van der Waals surface area contributed by atoms with Gasteiger partial charge in [-0.05, 0) is 31.6 Å². The van der Waals surface area contributed by atoms with Gasteiger partial charge in [0.25, 0.3) is 0 Å². The zero-order valence-corrected chi connectivity index (χ0v) is 10.3. The van der Waals surface area contributed by atoms with Gasteiger partial charge in [-0.15, -0.1) is 0 Å². The number of hydrogen-bond acceptors (Lipinski definition) is 1. The maximum atomic E-state index is 12.6. The standard InChI is InChI=1S/C13H17F3O2/c1-9-8-10(4-2-3-5-12(17)18)6-7-11(9)13(14,15)16/h6-7,9H,2-5,8H2,1H3,(H,17,18). The van der Waals surface area contributed by atoms with Crippen molar-refractivity contribution in [2.45, 2.75) is 45.2 Å². The molecule has 18 heavy (non-hydrogen) atoms. The molecule has 0 aromatic rings. The average Bonchev–Trinajstić information content (AvgIpc) is 2.22. The lowest BCUT2D eigenvalue weighted by atomic mass is 9.86. The summed E-state index contributed by atoms with van der Waals surface area (Å²) in [5, 5.41) is 8.47. The molecular weight excluding hydrogens is 245 g/mol. The van der Waals surface area contributed by atoms with E-state index >= 15 is 0 Å². The number of carboxylic acid groups (broad SMARTS) is 1. The summed E-state index contributed by atoms with van der Waals surface area (Å²) in [6.45, 7) is 1.57. The van der Waals surface area contributed by atoms with E-state index in [1.165, 1.54) is 6.08 Å². The monoisotopic (exact) mass is 262 g/mol. The van der Waals surface area contributed by atoms with Crippen LogP contribution in [0.1, 0.15) is 39.0 Å². The van der Waals surface area contributed by atoms with Crippen molar-refractivity contribution in [2.24, 2.45) is 5.92 Å². The molecule has 1 atom stereocenters. The normalized spacial score (nSPS) is 20.3. The van der Waals surface area contributed by atoms with Crippen LogP contribution in [-0.2, 0) is 4.79 Å². The Morgan fingerprint density at radius 2 is 2.06 bits per heavy atom. The minimum atomic E-state index is -4.25. The summed E-state index contributed by atoms with van der Waals surface area (Å²) >= 11 is 0. The number of hydrogen-bond donors (Lipinski definition) is 1. The third kappa shape index (κ3) is 4.55. The summed E-state index contributed by atoms with van der Waals surface area (Å²) in [6.07, 6.45) is 0.927. The Balaban J connectivity index is 2.48. The number of carbonyl (C=O) groups is 1. The molecule has 102 valence electrons. The van der Waals surface area contributed by atoms with Crippen molar-refractivity contribution in [3.63, 3.8) is 0 Å². The fourth-order valence-electron chi connectivity index (χ4n) is 2.13. The minimum Gasteiger partial charge on any atom is -0.481 e. The van der Waals surface area contributed by atoms with E-state index in [-0.39, 0.29) is 6.42 Å². The summed E-state index contributed by atoms with van der Waals surface area (Å²) in [7, 11) is 0. The Kier molecular flexibility index (Phi) is 4.99. The lowest BCUT2D eigenvalue weighted by Crippen LogP contribution is -2.20. The topological polar surface area (TPSA) is 37.3 Å². The van der Waals surface area contributed by atoms with Crippen LogP contribution in [0.3, 0.4) is 0 Å². The second-order valence-electron chi connectivity index (χ2n) is 4.65. The van der Waals surface area contributed by atoms with Gasteiger partial charge in [-0.25, -0.2) is 0 Å². The molecular formula is C13H17F3O2. The average molecular weight is 262 g/mol. The Morgan fingerprint density at radius 1 is 1.39 bits per heavy atom. The molecule has 1 unspecified atom stereocenters. The van der Waals surface area contributed by atoms with Crippen molar-refractivity contribution in [3.05, 3.63) is 23.3 Å². The van der Waals surface area contributed by atoms with E-state index in [4.69, 9.17) is 5.11 Å². The van der Waals surface area contributed by atoms with Gasteiger partial charge in [0.15, 0.2) is 0 Å². The number of carboxylic acids is 1. The van der Waals surface area contributed by atoms with Crippen LogP contribution in [-0.4, -0.2) is 17.3 Å². The number of unbranched alkanes of at least 4 members (excludes halogenated alkanes) is 1. The highest BCUT2D eigenvalue weighted by molar-refractivity contribution is 5.66. The number of alkyl halides is 3. The van der Waals surface area contributed by atoms with Crippen molar-refractivity contribution in [2.75, 3.05) is 0 Å². The highest BCUT2D eigenvalue weighted by atomic mass is 19.4. The lowest BCUT2D eigenvalue weighted by Gasteiger charge is -2.23. The van der Waals surface area contributed by atoms with Gasteiger partial charge in [-0.3, -0.25) is 4.79 Å². The molecule has 0 amide bonds. The Labute approximate surface area is 104 Å². The smallest absolute Gasteiger partial charge is 0.412 e. The quantitative estimate of drug-likeness (QED) is 0.758. The van der Waals surface area contributed by atoms with Crippen LogP contribution in [0.5, 0.6) is 0 Å². The fraction of sp³-hybridized carbons (Fsp3) is 0.615. The molecule has 0 aromatic heterocycles. The van der Waals surface area contributed by atoms with Gasteiger partial charge in [-0.2, -0.15) is 13.2 Å². The fourth-order valence-corrected chi connectivity index (χ4v) is 2.13. The first-order valence-corrected chi connectivity index (χ1v) is 5.99. The lowest BCUT2D eigenvalue weighted by molar-refractivity contribution is -0.137. The van der Waals surface area contributed by atoms with Crippen molar-refractivity contribution < 1.29 is 23.1 Å². The van der Waals surface area contributed by atoms with Gasteiger partial charge in [0.2, 0.25) is 0 Å². The number of aliphatic carboxylic acids is 1. The second-order valence-corrected chi connectivity index (χ2v) is 4.65. The largest absolute Gasteiger partial charge is 0.481 e. The predicted molar refractivity (Wildman–Crippen MR) is 62.1 cm³/mol.